The van der Waals surface area contributed by atoms with E-state index in [1.165, 1.54) is 0 Å². The summed E-state index contributed by atoms with van der Waals surface area (Å²) in [5, 5.41) is 3.39. The average molecular weight is 269 g/mol. The van der Waals surface area contributed by atoms with Crippen molar-refractivity contribution in [2.24, 2.45) is 10.7 Å². The molecule has 0 unspecified atom stereocenters. The molecule has 96 valence electrons. The lowest BCUT2D eigenvalue weighted by Crippen LogP contribution is -2.18. The number of rotatable bonds is 2. The highest BCUT2D eigenvalue weighted by Crippen LogP contribution is 2.15. The first kappa shape index (κ1) is 13.2. The number of anilines is 1. The topological polar surface area (TPSA) is 50.4 Å². The lowest BCUT2D eigenvalue weighted by Gasteiger charge is -2.12. The molecular formula is C15H15N3S. The van der Waals surface area contributed by atoms with E-state index in [1.807, 2.05) is 61.5 Å². The molecule has 0 aliphatic carbocycles. The van der Waals surface area contributed by atoms with Crippen LogP contribution in [0.15, 0.2) is 59.6 Å². The van der Waals surface area contributed by atoms with Crippen molar-refractivity contribution >= 4 is 28.9 Å². The molecule has 3 N–H and O–H groups in total. The highest BCUT2D eigenvalue weighted by molar-refractivity contribution is 7.80. The third kappa shape index (κ3) is 3.63. The van der Waals surface area contributed by atoms with Crippen molar-refractivity contribution in [1.29, 1.82) is 0 Å². The summed E-state index contributed by atoms with van der Waals surface area (Å²) in [7, 11) is 0. The minimum absolute atomic E-state index is 0.111. The van der Waals surface area contributed by atoms with Crippen LogP contribution in [0.1, 0.15) is 11.1 Å². The van der Waals surface area contributed by atoms with Crippen molar-refractivity contribution in [3.05, 3.63) is 65.7 Å². The van der Waals surface area contributed by atoms with Crippen LogP contribution in [0.3, 0.4) is 0 Å². The molecule has 0 spiro atoms. The van der Waals surface area contributed by atoms with E-state index >= 15 is 0 Å². The van der Waals surface area contributed by atoms with Gasteiger partial charge in [0.2, 0.25) is 0 Å². The van der Waals surface area contributed by atoms with Crippen LogP contribution >= 0.6 is 12.2 Å². The number of nitrogens with zero attached hydrogens (tertiary/aromatic N) is 1. The number of nitrogens with two attached hydrogens (primary N) is 1. The standard InChI is InChI=1S/C15H15N3S/c1-11-7-5-6-10-13(11)17-14(18-15(16)19)12-8-3-2-4-9-12/h2-10H,1H3,(H3,16,17,18,19). The lowest BCUT2D eigenvalue weighted by molar-refractivity contribution is 1.44. The van der Waals surface area contributed by atoms with Crippen molar-refractivity contribution in [3.63, 3.8) is 0 Å². The maximum Gasteiger partial charge on any atom is 0.192 e. The predicted molar refractivity (Wildman–Crippen MR) is 84.6 cm³/mol. The molecule has 0 bridgehead atoms. The summed E-state index contributed by atoms with van der Waals surface area (Å²) in [4.78, 5) is 4.20. The molecule has 19 heavy (non-hydrogen) atoms. The summed E-state index contributed by atoms with van der Waals surface area (Å²) in [5.74, 6) is 0.655. The van der Waals surface area contributed by atoms with Crippen LogP contribution in [0.4, 0.5) is 5.69 Å². The summed E-state index contributed by atoms with van der Waals surface area (Å²) in [6, 6.07) is 17.8. The zero-order chi connectivity index (χ0) is 13.7. The van der Waals surface area contributed by atoms with Crippen LogP contribution in [0.25, 0.3) is 0 Å². The first-order chi connectivity index (χ1) is 9.16. The molecule has 0 atom stereocenters. The largest absolute Gasteiger partial charge is 0.374 e. The molecule has 0 radical (unpaired) electrons. The van der Waals surface area contributed by atoms with Crippen LogP contribution in [0, 0.1) is 6.92 Å². The van der Waals surface area contributed by atoms with E-state index in [9.17, 15) is 0 Å². The van der Waals surface area contributed by atoms with Gasteiger partial charge in [-0.2, -0.15) is 0 Å². The molecule has 0 aromatic heterocycles. The average Bonchev–Trinajstić information content (AvgIpc) is 2.41. The monoisotopic (exact) mass is 269 g/mol. The quantitative estimate of drug-likeness (QED) is 0.500. The van der Waals surface area contributed by atoms with Gasteiger partial charge in [-0.25, -0.2) is 4.99 Å². The zero-order valence-corrected chi connectivity index (χ0v) is 11.4. The molecule has 3 nitrogen and oxygen atoms in total. The van der Waals surface area contributed by atoms with Crippen molar-refractivity contribution in [2.75, 3.05) is 5.32 Å². The predicted octanol–water partition coefficient (Wildman–Crippen LogP) is 3.10. The van der Waals surface area contributed by atoms with Crippen LogP contribution in [-0.2, 0) is 0 Å². The fourth-order valence-corrected chi connectivity index (χ4v) is 1.80. The van der Waals surface area contributed by atoms with Crippen LogP contribution < -0.4 is 11.1 Å². The Morgan fingerprint density at radius 3 is 2.32 bits per heavy atom. The molecule has 2 rings (SSSR count). The minimum atomic E-state index is 0.111. The maximum atomic E-state index is 5.53. The highest BCUT2D eigenvalue weighted by atomic mass is 32.1. The third-order valence-electron chi connectivity index (χ3n) is 2.67. The molecule has 0 saturated carbocycles. The van der Waals surface area contributed by atoms with Crippen molar-refractivity contribution in [3.8, 4) is 0 Å². The van der Waals surface area contributed by atoms with Gasteiger partial charge in [0.05, 0.1) is 0 Å². The van der Waals surface area contributed by atoms with E-state index in [4.69, 9.17) is 18.0 Å². The van der Waals surface area contributed by atoms with Crippen LogP contribution in [-0.4, -0.2) is 10.9 Å². The summed E-state index contributed by atoms with van der Waals surface area (Å²) in [6.07, 6.45) is 0. The fraction of sp³-hybridized carbons (Fsp3) is 0.0667. The van der Waals surface area contributed by atoms with Gasteiger partial charge in [-0.05, 0) is 30.8 Å². The number of nitrogens with one attached hydrogen (secondary N) is 1. The molecule has 0 heterocycles. The van der Waals surface area contributed by atoms with Gasteiger partial charge < -0.3 is 11.1 Å². The van der Waals surface area contributed by atoms with Gasteiger partial charge in [-0.3, -0.25) is 0 Å². The van der Waals surface area contributed by atoms with Gasteiger partial charge in [0.25, 0.3) is 0 Å². The Labute approximate surface area is 118 Å². The van der Waals surface area contributed by atoms with E-state index < -0.39 is 0 Å². The van der Waals surface area contributed by atoms with Gasteiger partial charge in [-0.15, -0.1) is 0 Å². The normalized spacial score (nSPS) is 11.1. The van der Waals surface area contributed by atoms with Gasteiger partial charge in [-0.1, -0.05) is 48.5 Å². The zero-order valence-electron chi connectivity index (χ0n) is 10.6. The number of thiocarbonyl (C=S) groups is 1. The van der Waals surface area contributed by atoms with E-state index in [-0.39, 0.29) is 5.11 Å². The Kier molecular flexibility index (Phi) is 4.26. The molecule has 2 aromatic rings. The van der Waals surface area contributed by atoms with E-state index in [1.54, 1.807) is 0 Å². The van der Waals surface area contributed by atoms with Gasteiger partial charge in [0.15, 0.2) is 5.11 Å². The van der Waals surface area contributed by atoms with E-state index in [2.05, 4.69) is 10.3 Å². The second-order valence-corrected chi connectivity index (χ2v) is 4.52. The Balaban J connectivity index is 2.36. The number of aryl methyl sites for hydroxylation is 1. The highest BCUT2D eigenvalue weighted by Gasteiger charge is 2.05. The van der Waals surface area contributed by atoms with Crippen LogP contribution in [0.5, 0.6) is 0 Å². The number of benzene rings is 2. The smallest absolute Gasteiger partial charge is 0.192 e. The summed E-state index contributed by atoms with van der Waals surface area (Å²) in [6.45, 7) is 2.03. The second-order valence-electron chi connectivity index (χ2n) is 4.10. The van der Waals surface area contributed by atoms with Gasteiger partial charge >= 0.3 is 0 Å². The molecule has 0 aliphatic rings. The molecule has 0 saturated heterocycles. The van der Waals surface area contributed by atoms with Crippen molar-refractivity contribution in [2.45, 2.75) is 6.92 Å². The fourth-order valence-electron chi connectivity index (χ4n) is 1.71. The second kappa shape index (κ2) is 6.11. The number of hydrogen-bond donors (Lipinski definition) is 2. The first-order valence-corrected chi connectivity index (χ1v) is 6.34. The lowest BCUT2D eigenvalue weighted by atomic mass is 10.1. The number of aliphatic imine (C=N–C) groups is 1. The summed E-state index contributed by atoms with van der Waals surface area (Å²) in [5.41, 5.74) is 8.59. The molecule has 0 amide bonds. The first-order valence-electron chi connectivity index (χ1n) is 5.93. The summed E-state index contributed by atoms with van der Waals surface area (Å²) < 4.78 is 0. The third-order valence-corrected chi connectivity index (χ3v) is 2.76. The number of hydrogen-bond acceptors (Lipinski definition) is 1. The molecular weight excluding hydrogens is 254 g/mol. The van der Waals surface area contributed by atoms with E-state index in [0.29, 0.717) is 5.84 Å². The van der Waals surface area contributed by atoms with Gasteiger partial charge in [0, 0.05) is 11.3 Å². The van der Waals surface area contributed by atoms with Crippen molar-refractivity contribution in [1.82, 2.24) is 0 Å². The molecule has 0 fully saturated rings. The SMILES string of the molecule is Cc1ccccc1N/C(=N\C(N)=S)c1ccccc1. The molecule has 4 heteroatoms. The van der Waals surface area contributed by atoms with Crippen LogP contribution in [0.2, 0.25) is 0 Å². The number of para-hydroxylation sites is 1. The minimum Gasteiger partial charge on any atom is -0.374 e. The Bertz CT molecular complexity index is 606. The molecule has 0 aliphatic heterocycles. The van der Waals surface area contributed by atoms with Gasteiger partial charge in [0.1, 0.15) is 5.84 Å². The van der Waals surface area contributed by atoms with Crippen molar-refractivity contribution < 1.29 is 0 Å². The number of amidine groups is 1. The Hall–Kier alpha value is -2.20. The van der Waals surface area contributed by atoms with E-state index in [0.717, 1.165) is 16.8 Å². The summed E-state index contributed by atoms with van der Waals surface area (Å²) >= 11 is 4.87. The Morgan fingerprint density at radius 2 is 1.68 bits per heavy atom. The molecule has 2 aromatic carbocycles. The Morgan fingerprint density at radius 1 is 1.05 bits per heavy atom. The maximum absolute atomic E-state index is 5.53.